The maximum atomic E-state index is 12.2. The fourth-order valence-corrected chi connectivity index (χ4v) is 3.34. The molecule has 1 rings (SSSR count). The van der Waals surface area contributed by atoms with Crippen molar-refractivity contribution in [1.82, 2.24) is 9.21 Å². The van der Waals surface area contributed by atoms with E-state index >= 15 is 0 Å². The Bertz CT molecular complexity index is 379. The molecule has 0 unspecified atom stereocenters. The summed E-state index contributed by atoms with van der Waals surface area (Å²) in [6, 6.07) is 0. The Labute approximate surface area is 109 Å². The minimum atomic E-state index is -3.21. The van der Waals surface area contributed by atoms with Crippen LogP contribution in [0.1, 0.15) is 20.8 Å². The van der Waals surface area contributed by atoms with Gasteiger partial charge in [0, 0.05) is 32.7 Å². The van der Waals surface area contributed by atoms with Gasteiger partial charge in [-0.3, -0.25) is 4.90 Å². The zero-order valence-corrected chi connectivity index (χ0v) is 12.3. The van der Waals surface area contributed by atoms with Crippen LogP contribution in [0.15, 0.2) is 0 Å². The molecule has 0 saturated carbocycles. The summed E-state index contributed by atoms with van der Waals surface area (Å²) in [6.07, 6.45) is 0. The van der Waals surface area contributed by atoms with Gasteiger partial charge in [-0.15, -0.1) is 0 Å². The van der Waals surface area contributed by atoms with Gasteiger partial charge in [-0.2, -0.15) is 4.31 Å². The summed E-state index contributed by atoms with van der Waals surface area (Å²) < 4.78 is 25.2. The largest absolute Gasteiger partial charge is 0.392 e. The minimum absolute atomic E-state index is 0.456. The average Bonchev–Trinajstić information content (AvgIpc) is 2.15. The lowest BCUT2D eigenvalue weighted by Gasteiger charge is -2.37. The topological polar surface area (TPSA) is 66.6 Å². The van der Waals surface area contributed by atoms with Crippen LogP contribution in [-0.2, 0) is 10.0 Å². The molecule has 0 aliphatic carbocycles. The smallest absolute Gasteiger partial charge is 0.219 e. The van der Waals surface area contributed by atoms with Gasteiger partial charge in [0.05, 0.1) is 9.74 Å². The molecular formula is C10H21N3O2S2. The summed E-state index contributed by atoms with van der Waals surface area (Å²) in [5, 5.41) is 0. The van der Waals surface area contributed by atoms with E-state index in [0.717, 1.165) is 0 Å². The van der Waals surface area contributed by atoms with E-state index in [1.54, 1.807) is 25.1 Å². The second-order valence-electron chi connectivity index (χ2n) is 5.26. The number of rotatable bonds is 3. The zero-order chi connectivity index (χ0) is 13.3. The molecule has 1 fully saturated rings. The van der Waals surface area contributed by atoms with E-state index in [2.05, 4.69) is 4.90 Å². The molecule has 7 heteroatoms. The molecule has 100 valence electrons. The lowest BCUT2D eigenvalue weighted by Crippen LogP contribution is -2.53. The molecule has 5 nitrogen and oxygen atoms in total. The molecule has 1 aliphatic rings. The van der Waals surface area contributed by atoms with Crippen LogP contribution in [0.25, 0.3) is 0 Å². The van der Waals surface area contributed by atoms with Crippen molar-refractivity contribution in [3.05, 3.63) is 0 Å². The monoisotopic (exact) mass is 279 g/mol. The van der Waals surface area contributed by atoms with Crippen molar-refractivity contribution in [3.63, 3.8) is 0 Å². The van der Waals surface area contributed by atoms with Gasteiger partial charge in [-0.25, -0.2) is 8.42 Å². The molecule has 2 N–H and O–H groups in total. The highest BCUT2D eigenvalue weighted by Gasteiger charge is 2.36. The molecular weight excluding hydrogens is 258 g/mol. The van der Waals surface area contributed by atoms with Gasteiger partial charge >= 0.3 is 0 Å². The Hall–Kier alpha value is -0.240. The Morgan fingerprint density at radius 3 is 2.06 bits per heavy atom. The molecule has 0 bridgehead atoms. The SMILES string of the molecule is CC(C)(C)S(=O)(=O)N1CCN(CC(N)=S)CC1. The van der Waals surface area contributed by atoms with Crippen LogP contribution in [0, 0.1) is 0 Å². The predicted octanol–water partition coefficient (Wildman–Crippen LogP) is 0.0184. The molecule has 1 saturated heterocycles. The lowest BCUT2D eigenvalue weighted by atomic mass is 10.3. The Balaban J connectivity index is 2.61. The van der Waals surface area contributed by atoms with E-state index in [4.69, 9.17) is 18.0 Å². The maximum absolute atomic E-state index is 12.2. The first-order chi connectivity index (χ1) is 7.64. The molecule has 0 spiro atoms. The molecule has 0 aromatic heterocycles. The van der Waals surface area contributed by atoms with Crippen molar-refractivity contribution in [3.8, 4) is 0 Å². The van der Waals surface area contributed by atoms with Gasteiger partial charge in [0.25, 0.3) is 0 Å². The van der Waals surface area contributed by atoms with Crippen LogP contribution in [0.3, 0.4) is 0 Å². The van der Waals surface area contributed by atoms with Crippen LogP contribution in [-0.4, -0.2) is 60.1 Å². The molecule has 17 heavy (non-hydrogen) atoms. The Morgan fingerprint density at radius 2 is 1.71 bits per heavy atom. The second kappa shape index (κ2) is 5.17. The van der Waals surface area contributed by atoms with Crippen LogP contribution in [0.5, 0.6) is 0 Å². The van der Waals surface area contributed by atoms with Crippen LogP contribution in [0.4, 0.5) is 0 Å². The van der Waals surface area contributed by atoms with E-state index in [-0.39, 0.29) is 0 Å². The fraction of sp³-hybridized carbons (Fsp3) is 0.900. The third-order valence-electron chi connectivity index (χ3n) is 2.82. The van der Waals surface area contributed by atoms with E-state index in [1.807, 2.05) is 0 Å². The summed E-state index contributed by atoms with van der Waals surface area (Å²) in [7, 11) is -3.21. The molecule has 0 aromatic carbocycles. The summed E-state index contributed by atoms with van der Waals surface area (Å²) in [5.41, 5.74) is 5.47. The summed E-state index contributed by atoms with van der Waals surface area (Å²) in [4.78, 5) is 2.54. The highest BCUT2D eigenvalue weighted by Crippen LogP contribution is 2.21. The lowest BCUT2D eigenvalue weighted by molar-refractivity contribution is 0.207. The molecule has 1 heterocycles. The highest BCUT2D eigenvalue weighted by atomic mass is 32.2. The third-order valence-corrected chi connectivity index (χ3v) is 5.55. The standard InChI is InChI=1S/C10H21N3O2S2/c1-10(2,3)17(14,15)13-6-4-12(5-7-13)8-9(11)16/h4-8H2,1-3H3,(H2,11,16). The van der Waals surface area contributed by atoms with Gasteiger partial charge < -0.3 is 5.73 Å². The first-order valence-corrected chi connectivity index (χ1v) is 7.50. The van der Waals surface area contributed by atoms with Crippen molar-refractivity contribution in [2.75, 3.05) is 32.7 Å². The number of hydrogen-bond acceptors (Lipinski definition) is 4. The highest BCUT2D eigenvalue weighted by molar-refractivity contribution is 7.90. The number of hydrogen-bond donors (Lipinski definition) is 1. The quantitative estimate of drug-likeness (QED) is 0.738. The third kappa shape index (κ3) is 3.61. The number of thiocarbonyl (C=S) groups is 1. The van der Waals surface area contributed by atoms with E-state index < -0.39 is 14.8 Å². The molecule has 1 aliphatic heterocycles. The fourth-order valence-electron chi connectivity index (χ4n) is 1.74. The average molecular weight is 279 g/mol. The van der Waals surface area contributed by atoms with Crippen molar-refractivity contribution < 1.29 is 8.42 Å². The van der Waals surface area contributed by atoms with E-state index in [1.165, 1.54) is 0 Å². The van der Waals surface area contributed by atoms with Gasteiger partial charge in [0.1, 0.15) is 0 Å². The molecule has 0 atom stereocenters. The molecule has 0 amide bonds. The number of sulfonamides is 1. The normalized spacial score (nSPS) is 20.4. The number of nitrogens with two attached hydrogens (primary N) is 1. The summed E-state index contributed by atoms with van der Waals surface area (Å²) in [6.45, 7) is 8.15. The van der Waals surface area contributed by atoms with Crippen LogP contribution >= 0.6 is 12.2 Å². The van der Waals surface area contributed by atoms with Crippen LogP contribution < -0.4 is 5.73 Å². The molecule has 0 aromatic rings. The second-order valence-corrected chi connectivity index (χ2v) is 8.47. The van der Waals surface area contributed by atoms with Crippen molar-refractivity contribution >= 4 is 27.2 Å². The Morgan fingerprint density at radius 1 is 1.24 bits per heavy atom. The summed E-state index contributed by atoms with van der Waals surface area (Å²) in [5.74, 6) is 0. The van der Waals surface area contributed by atoms with Crippen LogP contribution in [0.2, 0.25) is 0 Å². The Kier molecular flexibility index (Phi) is 4.51. The van der Waals surface area contributed by atoms with Gasteiger partial charge in [0.2, 0.25) is 10.0 Å². The first kappa shape index (κ1) is 14.8. The van der Waals surface area contributed by atoms with Crippen molar-refractivity contribution in [2.45, 2.75) is 25.5 Å². The van der Waals surface area contributed by atoms with E-state index in [9.17, 15) is 8.42 Å². The van der Waals surface area contributed by atoms with Crippen molar-refractivity contribution in [2.24, 2.45) is 5.73 Å². The molecule has 0 radical (unpaired) electrons. The zero-order valence-electron chi connectivity index (χ0n) is 10.6. The maximum Gasteiger partial charge on any atom is 0.219 e. The van der Waals surface area contributed by atoms with E-state index in [0.29, 0.717) is 37.7 Å². The first-order valence-electron chi connectivity index (χ1n) is 5.65. The number of piperazine rings is 1. The summed E-state index contributed by atoms with van der Waals surface area (Å²) >= 11 is 4.84. The van der Waals surface area contributed by atoms with Crippen molar-refractivity contribution in [1.29, 1.82) is 0 Å². The minimum Gasteiger partial charge on any atom is -0.392 e. The van der Waals surface area contributed by atoms with Gasteiger partial charge in [-0.05, 0) is 20.8 Å². The van der Waals surface area contributed by atoms with Gasteiger partial charge in [0.15, 0.2) is 0 Å². The number of nitrogens with zero attached hydrogens (tertiary/aromatic N) is 2. The van der Waals surface area contributed by atoms with Gasteiger partial charge in [-0.1, -0.05) is 12.2 Å². The predicted molar refractivity (Wildman–Crippen MR) is 73.5 cm³/mol.